The molecular weight excluding hydrogens is 547 g/mol. The number of alkyl halides is 9. The number of amidine groups is 1. The molecule has 1 aliphatic rings. The molecule has 0 amide bonds. The third-order valence-corrected chi connectivity index (χ3v) is 5.06. The predicted molar refractivity (Wildman–Crippen MR) is 121 cm³/mol. The fraction of sp³-hybridized carbons (Fsp3) is 0.375. The highest BCUT2D eigenvalue weighted by molar-refractivity contribution is 6.16. The van der Waals surface area contributed by atoms with E-state index in [2.05, 4.69) is 20.0 Å². The maximum absolute atomic E-state index is 13.1. The molecular formula is C24H19F9N4O2. The Morgan fingerprint density at radius 3 is 2.03 bits per heavy atom. The van der Waals surface area contributed by atoms with Crippen molar-refractivity contribution in [1.29, 1.82) is 0 Å². The number of allylic oxidation sites excluding steroid dienone is 1. The van der Waals surface area contributed by atoms with E-state index in [1.54, 1.807) is 13.8 Å². The fourth-order valence-corrected chi connectivity index (χ4v) is 3.33. The molecule has 0 N–H and O–H groups in total. The zero-order valence-corrected chi connectivity index (χ0v) is 20.1. The molecule has 0 aliphatic carbocycles. The number of aliphatic imine (C=N–C) groups is 2. The van der Waals surface area contributed by atoms with Gasteiger partial charge in [-0.3, -0.25) is 9.98 Å². The molecule has 0 saturated heterocycles. The molecule has 3 rings (SSSR count). The molecule has 1 aliphatic heterocycles. The van der Waals surface area contributed by atoms with E-state index < -0.39 is 59.3 Å². The van der Waals surface area contributed by atoms with E-state index in [4.69, 9.17) is 4.74 Å². The van der Waals surface area contributed by atoms with Crippen LogP contribution in [0.4, 0.5) is 39.5 Å². The number of carbonyl (C=O) groups excluding carboxylic acids is 1. The lowest BCUT2D eigenvalue weighted by molar-refractivity contribution is -0.150. The fourth-order valence-electron chi connectivity index (χ4n) is 3.33. The van der Waals surface area contributed by atoms with Crippen LogP contribution in [0.3, 0.4) is 0 Å². The lowest BCUT2D eigenvalue weighted by Gasteiger charge is -2.13. The number of hydrogen-bond donors (Lipinski definition) is 0. The number of aromatic nitrogens is 2. The van der Waals surface area contributed by atoms with Gasteiger partial charge in [0, 0.05) is 23.5 Å². The van der Waals surface area contributed by atoms with Gasteiger partial charge < -0.3 is 4.74 Å². The quantitative estimate of drug-likeness (QED) is 0.217. The smallest absolute Gasteiger partial charge is 0.433 e. The lowest BCUT2D eigenvalue weighted by Crippen LogP contribution is -2.16. The molecule has 39 heavy (non-hydrogen) atoms. The van der Waals surface area contributed by atoms with Gasteiger partial charge in [-0.05, 0) is 44.9 Å². The van der Waals surface area contributed by atoms with Gasteiger partial charge in [-0.1, -0.05) is 12.1 Å². The Balaban J connectivity index is 1.82. The van der Waals surface area contributed by atoms with E-state index in [1.165, 1.54) is 12.3 Å². The van der Waals surface area contributed by atoms with Gasteiger partial charge in [0.2, 0.25) is 0 Å². The Morgan fingerprint density at radius 2 is 1.54 bits per heavy atom. The Hall–Kier alpha value is -3.78. The number of halogens is 9. The molecule has 0 aromatic carbocycles. The van der Waals surface area contributed by atoms with Crippen LogP contribution in [-0.4, -0.2) is 40.1 Å². The summed E-state index contributed by atoms with van der Waals surface area (Å²) in [4.78, 5) is 26.4. The van der Waals surface area contributed by atoms with Crippen molar-refractivity contribution in [3.63, 3.8) is 0 Å². The molecule has 1 unspecified atom stereocenters. The van der Waals surface area contributed by atoms with Gasteiger partial charge in [0.25, 0.3) is 0 Å². The van der Waals surface area contributed by atoms with E-state index in [0.717, 1.165) is 12.3 Å². The summed E-state index contributed by atoms with van der Waals surface area (Å²) in [6.07, 6.45) is -11.9. The van der Waals surface area contributed by atoms with E-state index in [0.29, 0.717) is 18.2 Å². The second-order valence-corrected chi connectivity index (χ2v) is 8.50. The summed E-state index contributed by atoms with van der Waals surface area (Å²) in [5.74, 6) is -1.19. The van der Waals surface area contributed by atoms with Gasteiger partial charge in [0.15, 0.2) is 5.84 Å². The molecule has 1 atom stereocenters. The molecule has 2 aromatic rings. The Morgan fingerprint density at radius 1 is 0.949 bits per heavy atom. The van der Waals surface area contributed by atoms with Crippen molar-refractivity contribution >= 4 is 23.6 Å². The van der Waals surface area contributed by atoms with Crippen LogP contribution < -0.4 is 0 Å². The SMILES string of the molecule is CC(C)OC(=O)/C(=C/CCC1C=NC(c2cc(C(F)(F)F)nc(C(F)(F)F)c2)=N1)c1ccc(C(F)(F)F)nc1. The summed E-state index contributed by atoms with van der Waals surface area (Å²) in [6, 6.07) is 1.80. The molecule has 3 heterocycles. The average Bonchev–Trinajstić information content (AvgIpc) is 3.28. The van der Waals surface area contributed by atoms with Crippen molar-refractivity contribution in [2.24, 2.45) is 9.98 Å². The summed E-state index contributed by atoms with van der Waals surface area (Å²) in [5.41, 5.74) is -5.23. The standard InChI is InChI=1S/C24H19F9N4O2/c1-12(2)39-21(38)16(13-6-7-17(34-10-13)22(25,26)27)5-3-4-15-11-35-20(36-15)14-8-18(23(28,29)30)37-19(9-14)24(31,32)33/h5-12,15H,3-4H2,1-2H3/b16-5+. The van der Waals surface area contributed by atoms with Crippen LogP contribution in [-0.2, 0) is 28.1 Å². The molecule has 0 saturated carbocycles. The minimum atomic E-state index is -5.14. The Kier molecular flexibility index (Phi) is 8.50. The third-order valence-electron chi connectivity index (χ3n) is 5.06. The normalized spacial score (nSPS) is 16.6. The molecule has 0 spiro atoms. The van der Waals surface area contributed by atoms with Crippen LogP contribution >= 0.6 is 0 Å². The van der Waals surface area contributed by atoms with Crippen LogP contribution in [0.1, 0.15) is 54.9 Å². The molecule has 0 bridgehead atoms. The zero-order valence-electron chi connectivity index (χ0n) is 20.1. The van der Waals surface area contributed by atoms with E-state index in [-0.39, 0.29) is 29.8 Å². The van der Waals surface area contributed by atoms with Crippen LogP contribution in [0.5, 0.6) is 0 Å². The van der Waals surface area contributed by atoms with Crippen molar-refractivity contribution in [3.05, 3.63) is 64.7 Å². The summed E-state index contributed by atoms with van der Waals surface area (Å²) in [6.45, 7) is 3.14. The van der Waals surface area contributed by atoms with Gasteiger partial charge in [0.1, 0.15) is 17.1 Å². The Bertz CT molecular complexity index is 1260. The second-order valence-electron chi connectivity index (χ2n) is 8.50. The highest BCUT2D eigenvalue weighted by Gasteiger charge is 2.39. The predicted octanol–water partition coefficient (Wildman–Crippen LogP) is 6.55. The maximum Gasteiger partial charge on any atom is 0.433 e. The first kappa shape index (κ1) is 29.8. The van der Waals surface area contributed by atoms with Crippen molar-refractivity contribution in [2.75, 3.05) is 0 Å². The Labute approximate surface area is 215 Å². The summed E-state index contributed by atoms with van der Waals surface area (Å²) < 4.78 is 122. The minimum Gasteiger partial charge on any atom is -0.459 e. The first-order valence-electron chi connectivity index (χ1n) is 11.2. The van der Waals surface area contributed by atoms with Crippen molar-refractivity contribution < 1.29 is 49.0 Å². The van der Waals surface area contributed by atoms with Crippen LogP contribution in [0.25, 0.3) is 5.57 Å². The van der Waals surface area contributed by atoms with E-state index >= 15 is 0 Å². The molecule has 6 nitrogen and oxygen atoms in total. The third kappa shape index (κ3) is 7.86. The van der Waals surface area contributed by atoms with Gasteiger partial charge in [-0.25, -0.2) is 14.8 Å². The van der Waals surface area contributed by atoms with Crippen LogP contribution in [0, 0.1) is 0 Å². The largest absolute Gasteiger partial charge is 0.459 e. The second kappa shape index (κ2) is 11.1. The lowest BCUT2D eigenvalue weighted by atomic mass is 10.0. The number of esters is 1. The summed E-state index contributed by atoms with van der Waals surface area (Å²) in [7, 11) is 0. The molecule has 2 aromatic heterocycles. The van der Waals surface area contributed by atoms with Crippen molar-refractivity contribution in [2.45, 2.75) is 57.4 Å². The first-order chi connectivity index (χ1) is 17.9. The molecule has 0 radical (unpaired) electrons. The van der Waals surface area contributed by atoms with Gasteiger partial charge >= 0.3 is 24.5 Å². The van der Waals surface area contributed by atoms with Crippen LogP contribution in [0.15, 0.2) is 46.5 Å². The number of rotatable bonds is 7. The summed E-state index contributed by atoms with van der Waals surface area (Å²) >= 11 is 0. The van der Waals surface area contributed by atoms with E-state index in [9.17, 15) is 44.3 Å². The minimum absolute atomic E-state index is 0.0501. The number of nitrogens with zero attached hydrogens (tertiary/aromatic N) is 4. The zero-order chi connectivity index (χ0) is 29.2. The topological polar surface area (TPSA) is 76.8 Å². The monoisotopic (exact) mass is 566 g/mol. The number of hydrogen-bond acceptors (Lipinski definition) is 6. The molecule has 210 valence electrons. The van der Waals surface area contributed by atoms with E-state index in [1.807, 2.05) is 0 Å². The maximum atomic E-state index is 13.1. The molecule has 15 heteroatoms. The van der Waals surface area contributed by atoms with Crippen molar-refractivity contribution in [1.82, 2.24) is 9.97 Å². The van der Waals surface area contributed by atoms with Gasteiger partial charge in [-0.2, -0.15) is 39.5 Å². The first-order valence-corrected chi connectivity index (χ1v) is 11.2. The van der Waals surface area contributed by atoms with Crippen molar-refractivity contribution in [3.8, 4) is 0 Å². The van der Waals surface area contributed by atoms with Crippen LogP contribution in [0.2, 0.25) is 0 Å². The summed E-state index contributed by atoms with van der Waals surface area (Å²) in [5, 5.41) is 0. The van der Waals surface area contributed by atoms with Gasteiger partial charge in [0.05, 0.1) is 17.7 Å². The highest BCUT2D eigenvalue weighted by Crippen LogP contribution is 2.34. The van der Waals surface area contributed by atoms with Gasteiger partial charge in [-0.15, -0.1) is 0 Å². The number of pyridine rings is 2. The number of ether oxygens (including phenoxy) is 1. The molecule has 0 fully saturated rings. The average molecular weight is 566 g/mol. The highest BCUT2D eigenvalue weighted by atomic mass is 19.4. The number of carbonyl (C=O) groups is 1.